The van der Waals surface area contributed by atoms with Crippen LogP contribution in [-0.4, -0.2) is 43.0 Å². The number of aryl methyl sites for hydroxylation is 3. The van der Waals surface area contributed by atoms with E-state index < -0.39 is 0 Å². The zero-order valence-corrected chi connectivity index (χ0v) is 26.8. The van der Waals surface area contributed by atoms with Gasteiger partial charge in [-0.1, -0.05) is 128 Å². The third kappa shape index (κ3) is 12.1. The van der Waals surface area contributed by atoms with Gasteiger partial charge in [-0.25, -0.2) is 0 Å². The van der Waals surface area contributed by atoms with Crippen molar-refractivity contribution in [3.8, 4) is 0 Å². The fourth-order valence-corrected chi connectivity index (χ4v) is 6.31. The van der Waals surface area contributed by atoms with E-state index in [-0.39, 0.29) is 0 Å². The summed E-state index contributed by atoms with van der Waals surface area (Å²) in [5.41, 5.74) is 7.30. The molecule has 2 heteroatoms. The van der Waals surface area contributed by atoms with E-state index in [2.05, 4.69) is 139 Å². The minimum Gasteiger partial charge on any atom is -0.306 e. The van der Waals surface area contributed by atoms with Crippen LogP contribution in [0.2, 0.25) is 0 Å². The second-order valence-corrected chi connectivity index (χ2v) is 12.3. The van der Waals surface area contributed by atoms with Crippen molar-refractivity contribution in [2.45, 2.75) is 77.2 Å². The average molecular weight is 575 g/mol. The molecule has 0 heterocycles. The molecule has 0 aliphatic carbocycles. The predicted octanol–water partition coefficient (Wildman–Crippen LogP) is 9.73. The monoisotopic (exact) mass is 574 g/mol. The van der Waals surface area contributed by atoms with Gasteiger partial charge in [-0.05, 0) is 113 Å². The molecule has 1 atom stereocenters. The number of rotatable bonds is 20. The summed E-state index contributed by atoms with van der Waals surface area (Å²) in [6.45, 7) is 6.89. The molecule has 0 fully saturated rings. The first-order valence-corrected chi connectivity index (χ1v) is 16.8. The van der Waals surface area contributed by atoms with E-state index in [1.54, 1.807) is 0 Å². The van der Waals surface area contributed by atoms with Gasteiger partial charge in [-0.15, -0.1) is 0 Å². The number of nitrogens with zero attached hydrogens (tertiary/aromatic N) is 2. The summed E-state index contributed by atoms with van der Waals surface area (Å²) in [7, 11) is 2.30. The fraction of sp³-hybridized carbons (Fsp3) is 0.415. The summed E-state index contributed by atoms with van der Waals surface area (Å²) in [4.78, 5) is 5.34. The molecule has 4 aromatic carbocycles. The van der Waals surface area contributed by atoms with Gasteiger partial charge in [0.25, 0.3) is 0 Å². The van der Waals surface area contributed by atoms with Crippen molar-refractivity contribution < 1.29 is 0 Å². The maximum absolute atomic E-state index is 2.81. The van der Waals surface area contributed by atoms with Crippen LogP contribution in [0.4, 0.5) is 0 Å². The fourth-order valence-electron chi connectivity index (χ4n) is 6.31. The summed E-state index contributed by atoms with van der Waals surface area (Å²) in [5.74, 6) is 0. The molecule has 0 bridgehead atoms. The van der Waals surface area contributed by atoms with Crippen molar-refractivity contribution in [1.82, 2.24) is 9.80 Å². The summed E-state index contributed by atoms with van der Waals surface area (Å²) in [6.07, 6.45) is 12.2. The van der Waals surface area contributed by atoms with E-state index >= 15 is 0 Å². The van der Waals surface area contributed by atoms with Gasteiger partial charge < -0.3 is 4.90 Å². The molecule has 4 rings (SSSR count). The van der Waals surface area contributed by atoms with Crippen molar-refractivity contribution in [3.63, 3.8) is 0 Å². The minimum absolute atomic E-state index is 0.475. The van der Waals surface area contributed by atoms with Gasteiger partial charge in [-0.3, -0.25) is 4.90 Å². The first-order chi connectivity index (χ1) is 21.2. The van der Waals surface area contributed by atoms with Gasteiger partial charge in [-0.2, -0.15) is 0 Å². The predicted molar refractivity (Wildman–Crippen MR) is 186 cm³/mol. The molecule has 0 saturated heterocycles. The molecule has 43 heavy (non-hydrogen) atoms. The van der Waals surface area contributed by atoms with Crippen LogP contribution in [0.15, 0.2) is 115 Å². The summed E-state index contributed by atoms with van der Waals surface area (Å²) in [6, 6.07) is 42.6. The van der Waals surface area contributed by atoms with Gasteiger partial charge in [0, 0.05) is 12.6 Å². The molecule has 0 aliphatic rings. The standard InChI is InChI=1S/C41H54N2/c1-36-20-14-15-27-39(36)31-35-43(34-17-6-11-25-37-21-7-3-8-22-37)41(40-28-12-5-13-29-40)30-16-18-32-42(2)33-19-26-38-23-9-4-10-24-38/h3-5,7-10,12-15,20-24,27-29,41H,6,11,16-19,25-26,30-35H2,1-2H3. The Labute approximate surface area is 262 Å². The average Bonchev–Trinajstić information content (AvgIpc) is 3.05. The van der Waals surface area contributed by atoms with Crippen LogP contribution in [0.25, 0.3) is 0 Å². The Morgan fingerprint density at radius 2 is 1.05 bits per heavy atom. The molecule has 0 radical (unpaired) electrons. The minimum atomic E-state index is 0.475. The van der Waals surface area contributed by atoms with Crippen LogP contribution in [0.1, 0.15) is 78.8 Å². The Bertz CT molecular complexity index is 1250. The molecule has 4 aromatic rings. The highest BCUT2D eigenvalue weighted by molar-refractivity contribution is 5.26. The summed E-state index contributed by atoms with van der Waals surface area (Å²) in [5, 5.41) is 0. The molecule has 0 N–H and O–H groups in total. The molecule has 2 nitrogen and oxygen atoms in total. The third-order valence-corrected chi connectivity index (χ3v) is 8.92. The molecular formula is C41H54N2. The Balaban J connectivity index is 1.32. The second-order valence-electron chi connectivity index (χ2n) is 12.3. The zero-order valence-electron chi connectivity index (χ0n) is 26.8. The van der Waals surface area contributed by atoms with E-state index in [1.807, 2.05) is 0 Å². The van der Waals surface area contributed by atoms with Gasteiger partial charge in [0.05, 0.1) is 0 Å². The molecule has 0 aromatic heterocycles. The quantitative estimate of drug-likeness (QED) is 0.0970. The highest BCUT2D eigenvalue weighted by atomic mass is 15.1. The molecule has 0 amide bonds. The lowest BCUT2D eigenvalue weighted by molar-refractivity contribution is 0.180. The van der Waals surface area contributed by atoms with Gasteiger partial charge in [0.1, 0.15) is 0 Å². The van der Waals surface area contributed by atoms with E-state index in [1.165, 1.54) is 105 Å². The third-order valence-electron chi connectivity index (χ3n) is 8.92. The lowest BCUT2D eigenvalue weighted by atomic mass is 9.97. The largest absolute Gasteiger partial charge is 0.306 e. The van der Waals surface area contributed by atoms with Crippen molar-refractivity contribution in [1.29, 1.82) is 0 Å². The van der Waals surface area contributed by atoms with Crippen molar-refractivity contribution >= 4 is 0 Å². The first kappa shape index (κ1) is 32.7. The normalized spacial score (nSPS) is 12.2. The SMILES string of the molecule is Cc1ccccc1CCN(CCCCCc1ccccc1)C(CCCCN(C)CCCc1ccccc1)c1ccccc1. The van der Waals surface area contributed by atoms with Gasteiger partial charge in [0.2, 0.25) is 0 Å². The van der Waals surface area contributed by atoms with Crippen LogP contribution < -0.4 is 0 Å². The molecule has 0 spiro atoms. The Kier molecular flexibility index (Phi) is 14.6. The molecular weight excluding hydrogens is 520 g/mol. The van der Waals surface area contributed by atoms with Crippen molar-refractivity contribution in [3.05, 3.63) is 143 Å². The number of hydrogen-bond acceptors (Lipinski definition) is 2. The number of benzene rings is 4. The van der Waals surface area contributed by atoms with E-state index in [0.717, 1.165) is 13.0 Å². The topological polar surface area (TPSA) is 6.48 Å². The highest BCUT2D eigenvalue weighted by Crippen LogP contribution is 2.28. The molecule has 0 aliphatic heterocycles. The summed E-state index contributed by atoms with van der Waals surface area (Å²) < 4.78 is 0. The maximum atomic E-state index is 2.81. The van der Waals surface area contributed by atoms with E-state index in [9.17, 15) is 0 Å². The summed E-state index contributed by atoms with van der Waals surface area (Å²) >= 11 is 0. The van der Waals surface area contributed by atoms with Crippen molar-refractivity contribution in [2.24, 2.45) is 0 Å². The zero-order chi connectivity index (χ0) is 30.0. The lowest BCUT2D eigenvalue weighted by Gasteiger charge is -2.33. The maximum Gasteiger partial charge on any atom is 0.0348 e. The van der Waals surface area contributed by atoms with E-state index in [4.69, 9.17) is 0 Å². The highest BCUT2D eigenvalue weighted by Gasteiger charge is 2.20. The Hall–Kier alpha value is -3.20. The second kappa shape index (κ2) is 19.2. The van der Waals surface area contributed by atoms with Crippen LogP contribution >= 0.6 is 0 Å². The lowest BCUT2D eigenvalue weighted by Crippen LogP contribution is -2.32. The Morgan fingerprint density at radius 1 is 0.488 bits per heavy atom. The Morgan fingerprint density at radius 3 is 1.72 bits per heavy atom. The van der Waals surface area contributed by atoms with Crippen LogP contribution in [0.5, 0.6) is 0 Å². The first-order valence-electron chi connectivity index (χ1n) is 16.8. The van der Waals surface area contributed by atoms with Gasteiger partial charge in [0.15, 0.2) is 0 Å². The van der Waals surface area contributed by atoms with Crippen LogP contribution in [-0.2, 0) is 19.3 Å². The van der Waals surface area contributed by atoms with E-state index in [0.29, 0.717) is 6.04 Å². The smallest absolute Gasteiger partial charge is 0.0348 e. The number of hydrogen-bond donors (Lipinski definition) is 0. The van der Waals surface area contributed by atoms with Gasteiger partial charge >= 0.3 is 0 Å². The van der Waals surface area contributed by atoms with Crippen LogP contribution in [0, 0.1) is 6.92 Å². The molecule has 0 saturated carbocycles. The van der Waals surface area contributed by atoms with Crippen molar-refractivity contribution in [2.75, 3.05) is 33.2 Å². The number of unbranched alkanes of at least 4 members (excludes halogenated alkanes) is 3. The molecule has 228 valence electrons. The van der Waals surface area contributed by atoms with Crippen LogP contribution in [0.3, 0.4) is 0 Å². The molecule has 1 unspecified atom stereocenters.